The topological polar surface area (TPSA) is 68.5 Å². The van der Waals surface area contributed by atoms with E-state index in [1.165, 1.54) is 7.11 Å². The molecule has 6 heteroatoms. The third-order valence-corrected chi connectivity index (χ3v) is 2.73. The molecule has 0 saturated carbocycles. The second-order valence-corrected chi connectivity index (χ2v) is 4.44. The Labute approximate surface area is 111 Å². The normalized spacial score (nSPS) is 10.8. The molecule has 1 N–H and O–H groups in total. The van der Waals surface area contributed by atoms with Crippen molar-refractivity contribution in [2.75, 3.05) is 20.3 Å². The largest absolute Gasteiger partial charge is 0.375 e. The zero-order valence-corrected chi connectivity index (χ0v) is 11.2. The van der Waals surface area contributed by atoms with E-state index in [0.717, 1.165) is 29.7 Å². The van der Waals surface area contributed by atoms with Crippen LogP contribution in [0.15, 0.2) is 18.5 Å². The maximum Gasteiger partial charge on any atom is 0.245 e. The van der Waals surface area contributed by atoms with Crippen LogP contribution < -0.4 is 5.32 Å². The number of aryl methyl sites for hydroxylation is 2. The highest BCUT2D eigenvalue weighted by Gasteiger charge is 2.02. The standard InChI is InChI=1S/C13H18N4O2/c1-10-6-12-15-7-11(8-17(12)16-10)4-3-5-14-13(18)9-19-2/h6-8H,3-5,9H2,1-2H3,(H,14,18). The fraction of sp³-hybridized carbons (Fsp3) is 0.462. The number of nitrogens with one attached hydrogen (secondary N) is 1. The molecule has 0 aliphatic rings. The summed E-state index contributed by atoms with van der Waals surface area (Å²) < 4.78 is 6.52. The lowest BCUT2D eigenvalue weighted by molar-refractivity contribution is -0.124. The molecular formula is C13H18N4O2. The quantitative estimate of drug-likeness (QED) is 0.779. The Kier molecular flexibility index (Phi) is 4.46. The van der Waals surface area contributed by atoms with Crippen LogP contribution in [0.4, 0.5) is 0 Å². The summed E-state index contributed by atoms with van der Waals surface area (Å²) in [6.07, 6.45) is 5.55. The summed E-state index contributed by atoms with van der Waals surface area (Å²) in [5.41, 5.74) is 2.92. The zero-order valence-electron chi connectivity index (χ0n) is 11.2. The van der Waals surface area contributed by atoms with Gasteiger partial charge >= 0.3 is 0 Å². The van der Waals surface area contributed by atoms with E-state index in [2.05, 4.69) is 15.4 Å². The fourth-order valence-corrected chi connectivity index (χ4v) is 1.87. The summed E-state index contributed by atoms with van der Waals surface area (Å²) in [6.45, 7) is 2.69. The van der Waals surface area contributed by atoms with Crippen LogP contribution in [-0.4, -0.2) is 40.8 Å². The van der Waals surface area contributed by atoms with Gasteiger partial charge < -0.3 is 10.1 Å². The number of ether oxygens (including phenoxy) is 1. The lowest BCUT2D eigenvalue weighted by Gasteiger charge is -2.04. The summed E-state index contributed by atoms with van der Waals surface area (Å²) in [7, 11) is 1.51. The molecule has 102 valence electrons. The number of hydrogen-bond donors (Lipinski definition) is 1. The molecule has 0 unspecified atom stereocenters. The summed E-state index contributed by atoms with van der Waals surface area (Å²) in [4.78, 5) is 15.5. The molecule has 1 amide bonds. The van der Waals surface area contributed by atoms with Gasteiger partial charge in [-0.3, -0.25) is 4.79 Å². The number of amides is 1. The van der Waals surface area contributed by atoms with Gasteiger partial charge in [-0.25, -0.2) is 9.50 Å². The number of aromatic nitrogens is 3. The minimum absolute atomic E-state index is 0.0845. The second kappa shape index (κ2) is 6.29. The van der Waals surface area contributed by atoms with Crippen molar-refractivity contribution in [3.63, 3.8) is 0 Å². The van der Waals surface area contributed by atoms with Crippen LogP contribution >= 0.6 is 0 Å². The molecule has 0 fully saturated rings. The van der Waals surface area contributed by atoms with E-state index in [1.807, 2.05) is 25.4 Å². The van der Waals surface area contributed by atoms with Crippen LogP contribution in [0, 0.1) is 6.92 Å². The molecule has 0 spiro atoms. The van der Waals surface area contributed by atoms with Crippen LogP contribution in [0.25, 0.3) is 5.65 Å². The molecule has 0 atom stereocenters. The van der Waals surface area contributed by atoms with Crippen LogP contribution in [-0.2, 0) is 16.0 Å². The molecule has 2 rings (SSSR count). The molecule has 0 aliphatic carbocycles. The van der Waals surface area contributed by atoms with Gasteiger partial charge in [0.15, 0.2) is 5.65 Å². The first-order chi connectivity index (χ1) is 9.19. The van der Waals surface area contributed by atoms with E-state index in [1.54, 1.807) is 4.52 Å². The van der Waals surface area contributed by atoms with Gasteiger partial charge in [0.2, 0.25) is 5.91 Å². The Hall–Kier alpha value is -1.95. The number of carbonyl (C=O) groups is 1. The number of hydrogen-bond acceptors (Lipinski definition) is 4. The Balaban J connectivity index is 1.83. The minimum Gasteiger partial charge on any atom is -0.375 e. The van der Waals surface area contributed by atoms with Crippen molar-refractivity contribution in [3.05, 3.63) is 29.7 Å². The van der Waals surface area contributed by atoms with Crippen molar-refractivity contribution >= 4 is 11.6 Å². The smallest absolute Gasteiger partial charge is 0.245 e. The van der Waals surface area contributed by atoms with E-state index >= 15 is 0 Å². The highest BCUT2D eigenvalue weighted by Crippen LogP contribution is 2.06. The van der Waals surface area contributed by atoms with Crippen LogP contribution in [0.5, 0.6) is 0 Å². The van der Waals surface area contributed by atoms with Gasteiger partial charge in [0.25, 0.3) is 0 Å². The van der Waals surface area contributed by atoms with Crippen molar-refractivity contribution < 1.29 is 9.53 Å². The van der Waals surface area contributed by atoms with Gasteiger partial charge in [-0.15, -0.1) is 0 Å². The summed E-state index contributed by atoms with van der Waals surface area (Å²) >= 11 is 0. The molecule has 0 aromatic carbocycles. The lowest BCUT2D eigenvalue weighted by atomic mass is 10.2. The lowest BCUT2D eigenvalue weighted by Crippen LogP contribution is -2.28. The maximum absolute atomic E-state index is 11.2. The molecule has 2 aromatic heterocycles. The van der Waals surface area contributed by atoms with E-state index in [0.29, 0.717) is 6.54 Å². The van der Waals surface area contributed by atoms with Crippen molar-refractivity contribution in [1.82, 2.24) is 19.9 Å². The first kappa shape index (κ1) is 13.5. The third-order valence-electron chi connectivity index (χ3n) is 2.73. The molecule has 2 aromatic rings. The predicted octanol–water partition coefficient (Wildman–Crippen LogP) is 0.733. The van der Waals surface area contributed by atoms with Gasteiger partial charge in [0.1, 0.15) is 6.61 Å². The monoisotopic (exact) mass is 262 g/mol. The van der Waals surface area contributed by atoms with Gasteiger partial charge in [-0.2, -0.15) is 5.10 Å². The molecule has 0 aliphatic heterocycles. The van der Waals surface area contributed by atoms with Crippen molar-refractivity contribution in [2.45, 2.75) is 19.8 Å². The van der Waals surface area contributed by atoms with Crippen LogP contribution in [0.1, 0.15) is 17.7 Å². The Morgan fingerprint density at radius 1 is 1.53 bits per heavy atom. The van der Waals surface area contributed by atoms with E-state index in [9.17, 15) is 4.79 Å². The average Bonchev–Trinajstić information content (AvgIpc) is 2.74. The molecule has 0 saturated heterocycles. The molecule has 19 heavy (non-hydrogen) atoms. The van der Waals surface area contributed by atoms with Crippen LogP contribution in [0.3, 0.4) is 0 Å². The van der Waals surface area contributed by atoms with Crippen molar-refractivity contribution in [1.29, 1.82) is 0 Å². The SMILES string of the molecule is COCC(=O)NCCCc1cnc2cc(C)nn2c1. The number of rotatable bonds is 6. The van der Waals surface area contributed by atoms with Crippen molar-refractivity contribution in [3.8, 4) is 0 Å². The number of fused-ring (bicyclic) bond motifs is 1. The van der Waals surface area contributed by atoms with Crippen LogP contribution in [0.2, 0.25) is 0 Å². The maximum atomic E-state index is 11.2. The third kappa shape index (κ3) is 3.75. The van der Waals surface area contributed by atoms with Gasteiger partial charge in [-0.05, 0) is 25.3 Å². The molecule has 0 bridgehead atoms. The van der Waals surface area contributed by atoms with E-state index in [-0.39, 0.29) is 12.5 Å². The van der Waals surface area contributed by atoms with E-state index < -0.39 is 0 Å². The Morgan fingerprint density at radius 3 is 3.16 bits per heavy atom. The summed E-state index contributed by atoms with van der Waals surface area (Å²) in [5, 5.41) is 7.11. The molecular weight excluding hydrogens is 244 g/mol. The van der Waals surface area contributed by atoms with E-state index in [4.69, 9.17) is 4.74 Å². The predicted molar refractivity (Wildman–Crippen MR) is 70.9 cm³/mol. The zero-order chi connectivity index (χ0) is 13.7. The fourth-order valence-electron chi connectivity index (χ4n) is 1.87. The van der Waals surface area contributed by atoms with Crippen molar-refractivity contribution in [2.24, 2.45) is 0 Å². The first-order valence-electron chi connectivity index (χ1n) is 6.25. The highest BCUT2D eigenvalue weighted by molar-refractivity contribution is 5.77. The molecule has 2 heterocycles. The van der Waals surface area contributed by atoms with Gasteiger partial charge in [-0.1, -0.05) is 0 Å². The Morgan fingerprint density at radius 2 is 2.37 bits per heavy atom. The average molecular weight is 262 g/mol. The molecule has 0 radical (unpaired) electrons. The first-order valence-corrected chi connectivity index (χ1v) is 6.25. The number of nitrogens with zero attached hydrogens (tertiary/aromatic N) is 3. The minimum atomic E-state index is -0.0845. The highest BCUT2D eigenvalue weighted by atomic mass is 16.5. The van der Waals surface area contributed by atoms with Gasteiger partial charge in [0, 0.05) is 32.1 Å². The summed E-state index contributed by atoms with van der Waals surface area (Å²) in [5.74, 6) is -0.0845. The summed E-state index contributed by atoms with van der Waals surface area (Å²) in [6, 6.07) is 1.94. The van der Waals surface area contributed by atoms with Gasteiger partial charge in [0.05, 0.1) is 5.69 Å². The number of carbonyl (C=O) groups excluding carboxylic acids is 1. The Bertz CT molecular complexity index is 565. The molecule has 6 nitrogen and oxygen atoms in total. The number of methoxy groups -OCH3 is 1. The second-order valence-electron chi connectivity index (χ2n) is 4.44.